The van der Waals surface area contributed by atoms with Gasteiger partial charge in [-0.05, 0) is 38.5 Å². The SMILES string of the molecule is Cc1cc(-c2noc(COC(C)(C)C(F)(F)F)n2)cc2[nH]cnc12. The van der Waals surface area contributed by atoms with Gasteiger partial charge in [0.15, 0.2) is 5.60 Å². The molecule has 2 heterocycles. The average Bonchev–Trinajstić information content (AvgIpc) is 3.13. The number of hydrogen-bond acceptors (Lipinski definition) is 5. The molecule has 0 aliphatic carbocycles. The minimum atomic E-state index is -4.49. The fourth-order valence-electron chi connectivity index (χ4n) is 2.11. The summed E-state index contributed by atoms with van der Waals surface area (Å²) >= 11 is 0. The normalized spacial score (nSPS) is 12.9. The molecule has 3 aromatic rings. The number of imidazole rings is 1. The van der Waals surface area contributed by atoms with Crippen molar-refractivity contribution in [2.24, 2.45) is 0 Å². The summed E-state index contributed by atoms with van der Waals surface area (Å²) in [5, 5.41) is 3.80. The number of benzene rings is 1. The number of aromatic amines is 1. The monoisotopic (exact) mass is 340 g/mol. The molecule has 24 heavy (non-hydrogen) atoms. The van der Waals surface area contributed by atoms with Crippen LogP contribution in [0.5, 0.6) is 0 Å². The highest BCUT2D eigenvalue weighted by Gasteiger charge is 2.48. The summed E-state index contributed by atoms with van der Waals surface area (Å²) in [4.78, 5) is 11.3. The van der Waals surface area contributed by atoms with Crippen LogP contribution in [0.3, 0.4) is 0 Å². The van der Waals surface area contributed by atoms with Gasteiger partial charge >= 0.3 is 6.18 Å². The maximum atomic E-state index is 12.8. The number of ether oxygens (including phenoxy) is 1. The van der Waals surface area contributed by atoms with Crippen molar-refractivity contribution >= 4 is 11.0 Å². The van der Waals surface area contributed by atoms with Crippen LogP contribution in [-0.4, -0.2) is 31.9 Å². The number of aromatic nitrogens is 4. The molecular formula is C15H15F3N4O2. The Kier molecular flexibility index (Phi) is 3.83. The Hall–Kier alpha value is -2.42. The van der Waals surface area contributed by atoms with Crippen molar-refractivity contribution in [2.75, 3.05) is 0 Å². The molecule has 0 saturated heterocycles. The molecule has 0 amide bonds. The van der Waals surface area contributed by atoms with Gasteiger partial charge in [-0.2, -0.15) is 18.2 Å². The van der Waals surface area contributed by atoms with Gasteiger partial charge in [0.05, 0.1) is 17.4 Å². The van der Waals surface area contributed by atoms with E-state index in [0.717, 1.165) is 30.4 Å². The lowest BCUT2D eigenvalue weighted by atomic mass is 10.1. The van der Waals surface area contributed by atoms with E-state index in [1.54, 1.807) is 12.4 Å². The summed E-state index contributed by atoms with van der Waals surface area (Å²) in [5.74, 6) is 0.253. The van der Waals surface area contributed by atoms with Crippen LogP contribution in [0.1, 0.15) is 25.3 Å². The minimum Gasteiger partial charge on any atom is -0.356 e. The fraction of sp³-hybridized carbons (Fsp3) is 0.400. The number of alkyl halides is 3. The fourth-order valence-corrected chi connectivity index (χ4v) is 2.11. The summed E-state index contributed by atoms with van der Waals surface area (Å²) in [6.45, 7) is 3.35. The number of hydrogen-bond donors (Lipinski definition) is 1. The highest BCUT2D eigenvalue weighted by molar-refractivity contribution is 5.83. The van der Waals surface area contributed by atoms with Crippen LogP contribution in [0.2, 0.25) is 0 Å². The van der Waals surface area contributed by atoms with Gasteiger partial charge in [-0.1, -0.05) is 5.16 Å². The molecule has 3 rings (SSSR count). The van der Waals surface area contributed by atoms with E-state index in [1.165, 1.54) is 0 Å². The molecule has 0 fully saturated rings. The van der Waals surface area contributed by atoms with Gasteiger partial charge in [0.2, 0.25) is 5.82 Å². The molecule has 0 bridgehead atoms. The first kappa shape index (κ1) is 16.4. The van der Waals surface area contributed by atoms with E-state index in [4.69, 9.17) is 9.26 Å². The van der Waals surface area contributed by atoms with Gasteiger partial charge in [-0.3, -0.25) is 0 Å². The van der Waals surface area contributed by atoms with Crippen molar-refractivity contribution < 1.29 is 22.4 Å². The third-order valence-corrected chi connectivity index (χ3v) is 3.68. The molecule has 9 heteroatoms. The molecule has 0 aliphatic rings. The summed E-state index contributed by atoms with van der Waals surface area (Å²) < 4.78 is 48.2. The number of aryl methyl sites for hydroxylation is 1. The van der Waals surface area contributed by atoms with Gasteiger partial charge in [-0.15, -0.1) is 0 Å². The molecule has 1 aromatic carbocycles. The molecule has 6 nitrogen and oxygen atoms in total. The van der Waals surface area contributed by atoms with Gasteiger partial charge in [0, 0.05) is 5.56 Å². The average molecular weight is 340 g/mol. The zero-order valence-electron chi connectivity index (χ0n) is 13.2. The highest BCUT2D eigenvalue weighted by Crippen LogP contribution is 2.33. The first-order valence-electron chi connectivity index (χ1n) is 7.15. The van der Waals surface area contributed by atoms with Crippen LogP contribution in [0, 0.1) is 6.92 Å². The number of nitrogens with zero attached hydrogens (tertiary/aromatic N) is 3. The predicted molar refractivity (Wildman–Crippen MR) is 79.0 cm³/mol. The zero-order chi connectivity index (χ0) is 17.5. The molecule has 0 spiro atoms. The summed E-state index contributed by atoms with van der Waals surface area (Å²) in [5.41, 5.74) is 0.940. The molecule has 0 atom stereocenters. The molecule has 2 aromatic heterocycles. The van der Waals surface area contributed by atoms with E-state index in [-0.39, 0.29) is 11.7 Å². The lowest BCUT2D eigenvalue weighted by Crippen LogP contribution is -2.41. The standard InChI is InChI=1S/C15H15F3N4O2/c1-8-4-9(5-10-12(8)20-7-19-10)13-21-11(24-22-13)6-23-14(2,3)15(16,17)18/h4-5,7H,6H2,1-3H3,(H,19,20). The van der Waals surface area contributed by atoms with Crippen molar-refractivity contribution in [1.29, 1.82) is 0 Å². The van der Waals surface area contributed by atoms with E-state index < -0.39 is 18.4 Å². The first-order valence-corrected chi connectivity index (χ1v) is 7.15. The third kappa shape index (κ3) is 2.99. The van der Waals surface area contributed by atoms with E-state index in [9.17, 15) is 13.2 Å². The maximum absolute atomic E-state index is 12.8. The highest BCUT2D eigenvalue weighted by atomic mass is 19.4. The maximum Gasteiger partial charge on any atom is 0.416 e. The van der Waals surface area contributed by atoms with Crippen LogP contribution in [0.15, 0.2) is 23.0 Å². The van der Waals surface area contributed by atoms with Gasteiger partial charge in [0.25, 0.3) is 5.89 Å². The Morgan fingerprint density at radius 1 is 1.25 bits per heavy atom. The van der Waals surface area contributed by atoms with Crippen LogP contribution < -0.4 is 0 Å². The predicted octanol–water partition coefficient (Wildman–Crippen LogP) is 3.78. The number of rotatable bonds is 4. The summed E-state index contributed by atoms with van der Waals surface area (Å²) in [6, 6.07) is 3.63. The van der Waals surface area contributed by atoms with Crippen molar-refractivity contribution in [3.8, 4) is 11.4 Å². The number of fused-ring (bicyclic) bond motifs is 1. The molecule has 128 valence electrons. The summed E-state index contributed by atoms with van der Waals surface area (Å²) in [6.07, 6.45) is -2.91. The Morgan fingerprint density at radius 2 is 2.00 bits per heavy atom. The smallest absolute Gasteiger partial charge is 0.356 e. The largest absolute Gasteiger partial charge is 0.416 e. The molecular weight excluding hydrogens is 325 g/mol. The van der Waals surface area contributed by atoms with E-state index in [2.05, 4.69) is 20.1 Å². The Bertz CT molecular complexity index is 867. The third-order valence-electron chi connectivity index (χ3n) is 3.68. The van der Waals surface area contributed by atoms with Crippen LogP contribution in [0.4, 0.5) is 13.2 Å². The van der Waals surface area contributed by atoms with E-state index >= 15 is 0 Å². The molecule has 0 radical (unpaired) electrons. The number of halogens is 3. The minimum absolute atomic E-state index is 0.0234. The molecule has 0 saturated carbocycles. The number of H-pyrrole nitrogens is 1. The first-order chi connectivity index (χ1) is 11.2. The van der Waals surface area contributed by atoms with Crippen LogP contribution in [-0.2, 0) is 11.3 Å². The molecule has 0 aliphatic heterocycles. The lowest BCUT2D eigenvalue weighted by molar-refractivity contribution is -0.268. The van der Waals surface area contributed by atoms with E-state index in [1.807, 2.05) is 13.0 Å². The van der Waals surface area contributed by atoms with Crippen molar-refractivity contribution in [3.05, 3.63) is 29.9 Å². The molecule has 1 N–H and O–H groups in total. The van der Waals surface area contributed by atoms with Gasteiger partial charge < -0.3 is 14.2 Å². The van der Waals surface area contributed by atoms with Crippen LogP contribution in [0.25, 0.3) is 22.4 Å². The second kappa shape index (κ2) is 5.59. The van der Waals surface area contributed by atoms with Crippen molar-refractivity contribution in [3.63, 3.8) is 0 Å². The second-order valence-electron chi connectivity index (χ2n) is 5.90. The Balaban J connectivity index is 1.80. The van der Waals surface area contributed by atoms with E-state index in [0.29, 0.717) is 5.56 Å². The van der Waals surface area contributed by atoms with Crippen molar-refractivity contribution in [2.45, 2.75) is 39.2 Å². The van der Waals surface area contributed by atoms with Crippen molar-refractivity contribution in [1.82, 2.24) is 20.1 Å². The number of nitrogens with one attached hydrogen (secondary N) is 1. The van der Waals surface area contributed by atoms with Gasteiger partial charge in [-0.25, -0.2) is 4.98 Å². The zero-order valence-corrected chi connectivity index (χ0v) is 13.2. The lowest BCUT2D eigenvalue weighted by Gasteiger charge is -2.27. The Morgan fingerprint density at radius 3 is 2.71 bits per heavy atom. The van der Waals surface area contributed by atoms with Crippen LogP contribution >= 0.6 is 0 Å². The van der Waals surface area contributed by atoms with Gasteiger partial charge in [0.1, 0.15) is 6.61 Å². The molecule has 0 unspecified atom stereocenters. The second-order valence-corrected chi connectivity index (χ2v) is 5.90. The summed E-state index contributed by atoms with van der Waals surface area (Å²) in [7, 11) is 0. The topological polar surface area (TPSA) is 76.8 Å². The quantitative estimate of drug-likeness (QED) is 0.782. The Labute approximate surface area is 135 Å².